The second kappa shape index (κ2) is 5.69. The predicted octanol–water partition coefficient (Wildman–Crippen LogP) is 3.21. The Bertz CT molecular complexity index is 656. The Kier molecular flexibility index (Phi) is 3.98. The predicted molar refractivity (Wildman–Crippen MR) is 71.1 cm³/mol. The standard InChI is InChI=1S/C15H13F2NO2/c1-9-2-5-14(18)12(6-9)15(19)20-8-10-7-11(16)3-4-13(10)17/h2-7H,8,18H2,1H3. The molecule has 104 valence electrons. The summed E-state index contributed by atoms with van der Waals surface area (Å²) in [5, 5.41) is 0. The lowest BCUT2D eigenvalue weighted by Gasteiger charge is -2.08. The highest BCUT2D eigenvalue weighted by molar-refractivity contribution is 5.95. The molecule has 0 saturated carbocycles. The fraction of sp³-hybridized carbons (Fsp3) is 0.133. The number of aryl methyl sites for hydroxylation is 1. The molecule has 20 heavy (non-hydrogen) atoms. The van der Waals surface area contributed by atoms with Crippen molar-refractivity contribution in [3.63, 3.8) is 0 Å². The fourth-order valence-electron chi connectivity index (χ4n) is 1.72. The highest BCUT2D eigenvalue weighted by Crippen LogP contribution is 2.17. The molecule has 2 rings (SSSR count). The third-order valence-electron chi connectivity index (χ3n) is 2.80. The van der Waals surface area contributed by atoms with Gasteiger partial charge in [-0.2, -0.15) is 0 Å². The maximum absolute atomic E-state index is 13.4. The van der Waals surface area contributed by atoms with Crippen molar-refractivity contribution < 1.29 is 18.3 Å². The van der Waals surface area contributed by atoms with E-state index in [1.807, 2.05) is 6.92 Å². The largest absolute Gasteiger partial charge is 0.457 e. The van der Waals surface area contributed by atoms with Gasteiger partial charge in [0.25, 0.3) is 0 Å². The lowest BCUT2D eigenvalue weighted by molar-refractivity contribution is 0.0469. The van der Waals surface area contributed by atoms with Gasteiger partial charge in [-0.3, -0.25) is 0 Å². The lowest BCUT2D eigenvalue weighted by Crippen LogP contribution is -2.09. The van der Waals surface area contributed by atoms with Crippen molar-refractivity contribution >= 4 is 11.7 Å². The average Bonchev–Trinajstić information content (AvgIpc) is 2.42. The van der Waals surface area contributed by atoms with Crippen LogP contribution in [0.3, 0.4) is 0 Å². The molecule has 2 N–H and O–H groups in total. The summed E-state index contributed by atoms with van der Waals surface area (Å²) >= 11 is 0. The van der Waals surface area contributed by atoms with Crippen LogP contribution in [-0.4, -0.2) is 5.97 Å². The average molecular weight is 277 g/mol. The van der Waals surface area contributed by atoms with Gasteiger partial charge in [0.05, 0.1) is 5.56 Å². The van der Waals surface area contributed by atoms with Gasteiger partial charge in [-0.1, -0.05) is 11.6 Å². The Hall–Kier alpha value is -2.43. The van der Waals surface area contributed by atoms with E-state index in [1.165, 1.54) is 0 Å². The number of halogens is 2. The van der Waals surface area contributed by atoms with E-state index in [0.29, 0.717) is 0 Å². The zero-order valence-electron chi connectivity index (χ0n) is 10.8. The molecule has 0 unspecified atom stereocenters. The second-order valence-corrected chi connectivity index (χ2v) is 4.40. The summed E-state index contributed by atoms with van der Waals surface area (Å²) in [5.41, 5.74) is 6.99. The molecule has 0 aliphatic carbocycles. The van der Waals surface area contributed by atoms with Crippen LogP contribution in [0.5, 0.6) is 0 Å². The molecule has 0 bridgehead atoms. The second-order valence-electron chi connectivity index (χ2n) is 4.40. The van der Waals surface area contributed by atoms with Crippen LogP contribution in [0.1, 0.15) is 21.5 Å². The van der Waals surface area contributed by atoms with Crippen molar-refractivity contribution in [3.8, 4) is 0 Å². The van der Waals surface area contributed by atoms with Crippen LogP contribution in [0.2, 0.25) is 0 Å². The summed E-state index contributed by atoms with van der Waals surface area (Å²) in [6, 6.07) is 7.91. The quantitative estimate of drug-likeness (QED) is 0.692. The van der Waals surface area contributed by atoms with Crippen molar-refractivity contribution in [2.75, 3.05) is 5.73 Å². The first-order chi connectivity index (χ1) is 9.47. The van der Waals surface area contributed by atoms with Gasteiger partial charge in [0.2, 0.25) is 0 Å². The number of anilines is 1. The van der Waals surface area contributed by atoms with Crippen molar-refractivity contribution in [3.05, 3.63) is 64.7 Å². The third-order valence-corrected chi connectivity index (χ3v) is 2.80. The smallest absolute Gasteiger partial charge is 0.340 e. The Labute approximate surface area is 115 Å². The molecule has 2 aromatic rings. The van der Waals surface area contributed by atoms with Gasteiger partial charge < -0.3 is 10.5 Å². The van der Waals surface area contributed by atoms with Crippen molar-refractivity contribution in [1.29, 1.82) is 0 Å². The molecule has 3 nitrogen and oxygen atoms in total. The van der Waals surface area contributed by atoms with Gasteiger partial charge in [-0.05, 0) is 37.3 Å². The van der Waals surface area contributed by atoms with Gasteiger partial charge in [0.15, 0.2) is 0 Å². The zero-order chi connectivity index (χ0) is 14.7. The van der Waals surface area contributed by atoms with Crippen molar-refractivity contribution in [1.82, 2.24) is 0 Å². The Morgan fingerprint density at radius 2 is 1.95 bits per heavy atom. The van der Waals surface area contributed by atoms with Crippen molar-refractivity contribution in [2.24, 2.45) is 0 Å². The lowest BCUT2D eigenvalue weighted by atomic mass is 10.1. The zero-order valence-corrected chi connectivity index (χ0v) is 10.8. The molecule has 0 aromatic heterocycles. The van der Waals surface area contributed by atoms with E-state index in [4.69, 9.17) is 10.5 Å². The molecule has 0 fully saturated rings. The first kappa shape index (κ1) is 14.0. The summed E-state index contributed by atoms with van der Waals surface area (Å²) in [6.45, 7) is 1.46. The van der Waals surface area contributed by atoms with Gasteiger partial charge in [0, 0.05) is 11.3 Å². The Morgan fingerprint density at radius 3 is 2.70 bits per heavy atom. The van der Waals surface area contributed by atoms with Crippen LogP contribution in [0, 0.1) is 18.6 Å². The summed E-state index contributed by atoms with van der Waals surface area (Å²) in [4.78, 5) is 11.9. The van der Waals surface area contributed by atoms with Crippen LogP contribution < -0.4 is 5.73 Å². The summed E-state index contributed by atoms with van der Waals surface area (Å²) in [7, 11) is 0. The van der Waals surface area contributed by atoms with E-state index in [9.17, 15) is 13.6 Å². The summed E-state index contributed by atoms with van der Waals surface area (Å²) < 4.78 is 31.3. The molecule has 2 aromatic carbocycles. The summed E-state index contributed by atoms with van der Waals surface area (Å²) in [5.74, 6) is -1.89. The maximum Gasteiger partial charge on any atom is 0.340 e. The van der Waals surface area contributed by atoms with Crippen LogP contribution in [0.15, 0.2) is 36.4 Å². The minimum atomic E-state index is -0.671. The molecule has 0 aliphatic rings. The molecular weight excluding hydrogens is 264 g/mol. The number of nitrogen functional groups attached to an aromatic ring is 1. The molecule has 5 heteroatoms. The van der Waals surface area contributed by atoms with E-state index in [-0.39, 0.29) is 23.4 Å². The van der Waals surface area contributed by atoms with Gasteiger partial charge in [-0.25, -0.2) is 13.6 Å². The normalized spacial score (nSPS) is 10.3. The first-order valence-corrected chi connectivity index (χ1v) is 5.94. The highest BCUT2D eigenvalue weighted by Gasteiger charge is 2.13. The van der Waals surface area contributed by atoms with E-state index < -0.39 is 17.6 Å². The molecule has 0 heterocycles. The van der Waals surface area contributed by atoms with E-state index in [2.05, 4.69) is 0 Å². The van der Waals surface area contributed by atoms with Crippen molar-refractivity contribution in [2.45, 2.75) is 13.5 Å². The molecule has 0 saturated heterocycles. The Morgan fingerprint density at radius 1 is 1.20 bits per heavy atom. The maximum atomic E-state index is 13.4. The number of rotatable bonds is 3. The number of ether oxygens (including phenoxy) is 1. The minimum Gasteiger partial charge on any atom is -0.457 e. The van der Waals surface area contributed by atoms with E-state index >= 15 is 0 Å². The molecular formula is C15H13F2NO2. The van der Waals surface area contributed by atoms with Crippen LogP contribution >= 0.6 is 0 Å². The number of carbonyl (C=O) groups is 1. The van der Waals surface area contributed by atoms with Crippen LogP contribution in [0.25, 0.3) is 0 Å². The molecule has 0 atom stereocenters. The monoisotopic (exact) mass is 277 g/mol. The number of hydrogen-bond acceptors (Lipinski definition) is 3. The van der Waals surface area contributed by atoms with E-state index in [1.54, 1.807) is 18.2 Å². The number of nitrogens with two attached hydrogens (primary N) is 1. The first-order valence-electron chi connectivity index (χ1n) is 5.94. The highest BCUT2D eigenvalue weighted by atomic mass is 19.1. The van der Waals surface area contributed by atoms with E-state index in [0.717, 1.165) is 23.8 Å². The molecule has 0 amide bonds. The molecule has 0 spiro atoms. The fourth-order valence-corrected chi connectivity index (χ4v) is 1.72. The molecule has 0 aliphatic heterocycles. The molecule has 0 radical (unpaired) electrons. The minimum absolute atomic E-state index is 0.0235. The van der Waals surface area contributed by atoms with Gasteiger partial charge in [-0.15, -0.1) is 0 Å². The number of benzene rings is 2. The number of esters is 1. The number of hydrogen-bond donors (Lipinski definition) is 1. The Balaban J connectivity index is 2.12. The summed E-state index contributed by atoms with van der Waals surface area (Å²) in [6.07, 6.45) is 0. The van der Waals surface area contributed by atoms with Gasteiger partial charge >= 0.3 is 5.97 Å². The van der Waals surface area contributed by atoms with Crippen LogP contribution in [0.4, 0.5) is 14.5 Å². The van der Waals surface area contributed by atoms with Crippen LogP contribution in [-0.2, 0) is 11.3 Å². The SMILES string of the molecule is Cc1ccc(N)c(C(=O)OCc2cc(F)ccc2F)c1. The topological polar surface area (TPSA) is 52.3 Å². The van der Waals surface area contributed by atoms with Gasteiger partial charge in [0.1, 0.15) is 18.2 Å². The number of carbonyl (C=O) groups excluding carboxylic acids is 1. The third kappa shape index (κ3) is 3.12.